The lowest BCUT2D eigenvalue weighted by atomic mass is 9.42. The van der Waals surface area contributed by atoms with Crippen LogP contribution in [0.15, 0.2) is 78.3 Å². The van der Waals surface area contributed by atoms with Crippen molar-refractivity contribution in [1.82, 2.24) is 10.2 Å². The minimum absolute atomic E-state index is 0.0140. The van der Waals surface area contributed by atoms with Crippen LogP contribution in [0.1, 0.15) is 62.2 Å². The molecule has 7 nitrogen and oxygen atoms in total. The highest BCUT2D eigenvalue weighted by atomic mass is 19.4. The molecular weight excluding hydrogens is 609 g/mol. The Morgan fingerprint density at radius 3 is 2.51 bits per heavy atom. The highest BCUT2D eigenvalue weighted by molar-refractivity contribution is 5.39. The quantitative estimate of drug-likeness (QED) is 0.237. The van der Waals surface area contributed by atoms with Gasteiger partial charge in [-0.05, 0) is 99.4 Å². The van der Waals surface area contributed by atoms with E-state index in [9.17, 15) is 28.5 Å². The number of piperidine rings is 1. The zero-order chi connectivity index (χ0) is 32.6. The minimum Gasteiger partial charge on any atom is -0.504 e. The van der Waals surface area contributed by atoms with Gasteiger partial charge in [0.15, 0.2) is 5.76 Å². The summed E-state index contributed by atoms with van der Waals surface area (Å²) in [5.41, 5.74) is -2.85. The van der Waals surface area contributed by atoms with Crippen LogP contribution in [0.5, 0.6) is 5.75 Å². The molecule has 8 atom stereocenters. The van der Waals surface area contributed by atoms with Gasteiger partial charge in [0.2, 0.25) is 0 Å². The molecule has 3 saturated carbocycles. The summed E-state index contributed by atoms with van der Waals surface area (Å²) in [6, 6.07) is 14.3. The van der Waals surface area contributed by atoms with E-state index in [2.05, 4.69) is 16.3 Å². The smallest absolute Gasteiger partial charge is 0.416 e. The molecule has 6 aliphatic rings. The Morgan fingerprint density at radius 2 is 1.79 bits per heavy atom. The second-order valence-corrected chi connectivity index (χ2v) is 14.8. The molecule has 0 aromatic heterocycles. The highest BCUT2D eigenvalue weighted by Gasteiger charge is 2.79. The van der Waals surface area contributed by atoms with Crippen molar-refractivity contribution < 1.29 is 38.0 Å². The Morgan fingerprint density at radius 1 is 1.02 bits per heavy atom. The average molecular weight is 653 g/mol. The molecule has 2 aromatic rings. The number of rotatable bonds is 10. The third-order valence-electron chi connectivity index (χ3n) is 12.1. The van der Waals surface area contributed by atoms with Gasteiger partial charge in [0, 0.05) is 31.5 Å². The number of likely N-dealkylation sites (tertiary alicyclic amines) is 1. The zero-order valence-corrected chi connectivity index (χ0v) is 26.3. The summed E-state index contributed by atoms with van der Waals surface area (Å²) in [6.45, 7) is 2.54. The fraction of sp³-hybridized carbons (Fsp3) is 0.568. The number of hydrogen-bond donors (Lipinski definition) is 4. The number of alkyl halides is 3. The van der Waals surface area contributed by atoms with E-state index in [1.807, 2.05) is 30.3 Å². The average Bonchev–Trinajstić information content (AvgIpc) is 3.80. The first-order valence-corrected chi connectivity index (χ1v) is 17.1. The molecule has 2 aliphatic heterocycles. The molecule has 4 N–H and O–H groups in total. The van der Waals surface area contributed by atoms with Crippen molar-refractivity contribution in [3.05, 3.63) is 89.4 Å². The van der Waals surface area contributed by atoms with E-state index < -0.39 is 40.6 Å². The maximum absolute atomic E-state index is 13.1. The monoisotopic (exact) mass is 652 g/mol. The number of nitrogens with zero attached hydrogens (tertiary/aromatic N) is 1. The van der Waals surface area contributed by atoms with Gasteiger partial charge in [0.05, 0.1) is 16.6 Å². The molecule has 2 heterocycles. The summed E-state index contributed by atoms with van der Waals surface area (Å²) in [5, 5.41) is 39.5. The van der Waals surface area contributed by atoms with Gasteiger partial charge in [0.25, 0.3) is 0 Å². The van der Waals surface area contributed by atoms with Crippen molar-refractivity contribution in [2.24, 2.45) is 23.2 Å². The maximum Gasteiger partial charge on any atom is 0.416 e. The van der Waals surface area contributed by atoms with Gasteiger partial charge in [-0.3, -0.25) is 4.90 Å². The summed E-state index contributed by atoms with van der Waals surface area (Å²) < 4.78 is 52.1. The molecule has 0 amide bonds. The van der Waals surface area contributed by atoms with Crippen LogP contribution in [-0.4, -0.2) is 69.7 Å². The van der Waals surface area contributed by atoms with E-state index in [1.54, 1.807) is 6.08 Å². The van der Waals surface area contributed by atoms with E-state index in [0.717, 1.165) is 37.2 Å². The van der Waals surface area contributed by atoms with Crippen LogP contribution in [0, 0.1) is 23.2 Å². The molecule has 1 spiro atoms. The highest BCUT2D eigenvalue weighted by Crippen LogP contribution is 2.71. The molecule has 0 radical (unpaired) electrons. The maximum atomic E-state index is 13.1. The van der Waals surface area contributed by atoms with Gasteiger partial charge < -0.3 is 30.1 Å². The summed E-state index contributed by atoms with van der Waals surface area (Å²) in [7, 11) is 0. The van der Waals surface area contributed by atoms with E-state index in [0.29, 0.717) is 49.7 Å². The topological polar surface area (TPSA) is 94.4 Å². The van der Waals surface area contributed by atoms with E-state index in [-0.39, 0.29) is 30.2 Å². The van der Waals surface area contributed by atoms with Gasteiger partial charge >= 0.3 is 6.18 Å². The molecule has 4 aliphatic carbocycles. The fourth-order valence-electron chi connectivity index (χ4n) is 9.76. The number of ether oxygens (including phenoxy) is 2. The number of nitrogens with one attached hydrogen (secondary N) is 1. The predicted molar refractivity (Wildman–Crippen MR) is 168 cm³/mol. The minimum atomic E-state index is -4.42. The van der Waals surface area contributed by atoms with Crippen LogP contribution in [0.3, 0.4) is 0 Å². The second kappa shape index (κ2) is 11.3. The molecule has 47 heavy (non-hydrogen) atoms. The number of aliphatic hydroxyl groups excluding tert-OH is 1. The summed E-state index contributed by atoms with van der Waals surface area (Å²) in [4.78, 5) is 2.50. The van der Waals surface area contributed by atoms with E-state index >= 15 is 0 Å². The Kier molecular flexibility index (Phi) is 7.48. The number of halogens is 3. The van der Waals surface area contributed by atoms with Crippen molar-refractivity contribution in [2.75, 3.05) is 26.2 Å². The zero-order valence-electron chi connectivity index (χ0n) is 26.3. The lowest BCUT2D eigenvalue weighted by molar-refractivity contribution is -0.287. The van der Waals surface area contributed by atoms with Crippen LogP contribution in [0.4, 0.5) is 13.2 Å². The first-order chi connectivity index (χ1) is 22.5. The van der Waals surface area contributed by atoms with Crippen LogP contribution in [0.25, 0.3) is 0 Å². The van der Waals surface area contributed by atoms with Crippen molar-refractivity contribution in [3.8, 4) is 5.75 Å². The van der Waals surface area contributed by atoms with Gasteiger partial charge in [-0.1, -0.05) is 36.4 Å². The molecule has 2 bridgehead atoms. The van der Waals surface area contributed by atoms with Gasteiger partial charge in [-0.2, -0.15) is 13.2 Å². The SMILES string of the molecule is OC1=C2O[C@H]3[C@](O)(CNCCC(Oc4ccc(C(F)(F)F)cc4)c4ccccc4)CC[C@@]4(O)[C@H]5CC(C=C1)C2[C@@]34CCN5CC1CC1. The van der Waals surface area contributed by atoms with Crippen LogP contribution in [0.2, 0.25) is 0 Å². The third kappa shape index (κ3) is 5.09. The number of aliphatic hydroxyl groups is 3. The molecule has 2 saturated heterocycles. The molecule has 10 heteroatoms. The summed E-state index contributed by atoms with van der Waals surface area (Å²) in [6.07, 6.45) is 3.61. The first-order valence-electron chi connectivity index (χ1n) is 17.1. The Hall–Kier alpha value is -3.05. The van der Waals surface area contributed by atoms with Crippen molar-refractivity contribution in [3.63, 3.8) is 0 Å². The van der Waals surface area contributed by atoms with Crippen molar-refractivity contribution in [1.29, 1.82) is 0 Å². The number of allylic oxidation sites excluding steroid dienone is 3. The van der Waals surface area contributed by atoms with Gasteiger partial charge in [-0.15, -0.1) is 0 Å². The third-order valence-corrected chi connectivity index (χ3v) is 12.1. The van der Waals surface area contributed by atoms with Crippen molar-refractivity contribution in [2.45, 2.75) is 80.6 Å². The number of benzene rings is 2. The van der Waals surface area contributed by atoms with Gasteiger partial charge in [0.1, 0.15) is 29.3 Å². The molecule has 5 fully saturated rings. The number of hydrogen-bond acceptors (Lipinski definition) is 7. The molecule has 252 valence electrons. The summed E-state index contributed by atoms with van der Waals surface area (Å²) in [5.74, 6) is 1.61. The van der Waals surface area contributed by atoms with Gasteiger partial charge in [-0.25, -0.2) is 0 Å². The normalized spacial score (nSPS) is 36.5. The Bertz CT molecular complexity index is 1550. The van der Waals surface area contributed by atoms with Crippen LogP contribution >= 0.6 is 0 Å². The lowest BCUT2D eigenvalue weighted by Crippen LogP contribution is -2.79. The fourth-order valence-corrected chi connectivity index (χ4v) is 9.76. The molecule has 8 rings (SSSR count). The second-order valence-electron chi connectivity index (χ2n) is 14.8. The van der Waals surface area contributed by atoms with Crippen LogP contribution < -0.4 is 10.1 Å². The Balaban J connectivity index is 1.000. The predicted octanol–water partition coefficient (Wildman–Crippen LogP) is 5.91. The van der Waals surface area contributed by atoms with E-state index in [4.69, 9.17) is 9.47 Å². The molecule has 3 unspecified atom stereocenters. The van der Waals surface area contributed by atoms with E-state index in [1.165, 1.54) is 25.0 Å². The molecular formula is C37H43F3N2O5. The largest absolute Gasteiger partial charge is 0.504 e. The van der Waals surface area contributed by atoms with Crippen LogP contribution in [-0.2, 0) is 10.9 Å². The Labute approximate surface area is 273 Å². The standard InChI is InChI=1S/C37H43F3N2O5/c38-37(39,40)26-9-11-27(12-10-26)46-29(24-4-2-1-3-5-24)14-18-41-22-34(44)15-16-36(45)30-20-25-8-13-28(43)32-31(25)35(36,33(34)47-32)17-19-42(30)21-23-6-7-23/h1-5,8-13,23,25,29-31,33,41,43-45H,6-7,14-22H2/t25?,29?,30-,31?,33+,34-,35+,36-/m1/s1. The van der Waals surface area contributed by atoms with Crippen molar-refractivity contribution >= 4 is 0 Å². The first kappa shape index (κ1) is 31.2. The summed E-state index contributed by atoms with van der Waals surface area (Å²) >= 11 is 0. The molecule has 2 aromatic carbocycles. The lowest BCUT2D eigenvalue weighted by Gasteiger charge is -2.68.